The first-order valence-corrected chi connectivity index (χ1v) is 4.99. The third-order valence-electron chi connectivity index (χ3n) is 2.18. The molecule has 8 nitrogen and oxygen atoms in total. The Hall–Kier alpha value is -2.64. The third-order valence-corrected chi connectivity index (χ3v) is 2.18. The van der Waals surface area contributed by atoms with Crippen LogP contribution in [-0.2, 0) is 0 Å². The minimum absolute atomic E-state index is 0.0478. The van der Waals surface area contributed by atoms with Gasteiger partial charge in [0.1, 0.15) is 0 Å². The van der Waals surface area contributed by atoms with Gasteiger partial charge in [0.2, 0.25) is 5.88 Å². The SMILES string of the molecule is COc1cc(C)nc(-n2cc(N)c(C(=O)O)n2)n1. The molecule has 0 atom stereocenters. The number of aryl methyl sites for hydroxylation is 1. The van der Waals surface area contributed by atoms with Gasteiger partial charge in [-0.3, -0.25) is 0 Å². The summed E-state index contributed by atoms with van der Waals surface area (Å²) >= 11 is 0. The maximum atomic E-state index is 10.8. The van der Waals surface area contributed by atoms with Crippen molar-refractivity contribution in [3.63, 3.8) is 0 Å². The lowest BCUT2D eigenvalue weighted by atomic mass is 10.4. The zero-order valence-electron chi connectivity index (χ0n) is 9.78. The van der Waals surface area contributed by atoms with Crippen molar-refractivity contribution in [2.75, 3.05) is 12.8 Å². The number of methoxy groups -OCH3 is 1. The molecule has 0 unspecified atom stereocenters. The van der Waals surface area contributed by atoms with Crippen LogP contribution in [0.25, 0.3) is 5.95 Å². The summed E-state index contributed by atoms with van der Waals surface area (Å²) in [5.74, 6) is -0.639. The highest BCUT2D eigenvalue weighted by Gasteiger charge is 2.15. The average molecular weight is 249 g/mol. The van der Waals surface area contributed by atoms with E-state index in [0.717, 1.165) is 0 Å². The van der Waals surface area contributed by atoms with Crippen molar-refractivity contribution in [1.82, 2.24) is 19.7 Å². The van der Waals surface area contributed by atoms with Crippen LogP contribution in [0.4, 0.5) is 5.69 Å². The molecule has 2 aromatic heterocycles. The number of anilines is 1. The zero-order valence-corrected chi connectivity index (χ0v) is 9.78. The van der Waals surface area contributed by atoms with Crippen molar-refractivity contribution in [3.05, 3.63) is 23.7 Å². The number of nitrogen functional groups attached to an aromatic ring is 1. The molecule has 0 aliphatic heterocycles. The number of carbonyl (C=O) groups is 1. The van der Waals surface area contributed by atoms with E-state index < -0.39 is 5.97 Å². The predicted octanol–water partition coefficient (Wildman–Crippen LogP) is 0.260. The Morgan fingerprint density at radius 1 is 1.50 bits per heavy atom. The van der Waals surface area contributed by atoms with E-state index in [1.165, 1.54) is 18.0 Å². The molecule has 0 radical (unpaired) electrons. The second-order valence-corrected chi connectivity index (χ2v) is 3.53. The summed E-state index contributed by atoms with van der Waals surface area (Å²) in [5, 5.41) is 12.7. The molecule has 3 N–H and O–H groups in total. The normalized spacial score (nSPS) is 10.3. The quantitative estimate of drug-likeness (QED) is 0.801. The molecule has 18 heavy (non-hydrogen) atoms. The van der Waals surface area contributed by atoms with Crippen molar-refractivity contribution in [1.29, 1.82) is 0 Å². The van der Waals surface area contributed by atoms with Gasteiger partial charge in [0.05, 0.1) is 19.0 Å². The molecule has 0 fully saturated rings. The number of hydrogen-bond acceptors (Lipinski definition) is 6. The van der Waals surface area contributed by atoms with Crippen molar-refractivity contribution in [2.24, 2.45) is 0 Å². The summed E-state index contributed by atoms with van der Waals surface area (Å²) in [4.78, 5) is 19.0. The summed E-state index contributed by atoms with van der Waals surface area (Å²) in [6.45, 7) is 1.76. The van der Waals surface area contributed by atoms with Gasteiger partial charge in [-0.25, -0.2) is 14.5 Å². The number of hydrogen-bond donors (Lipinski definition) is 2. The Morgan fingerprint density at radius 2 is 2.22 bits per heavy atom. The van der Waals surface area contributed by atoms with Crippen LogP contribution in [0.2, 0.25) is 0 Å². The summed E-state index contributed by atoms with van der Waals surface area (Å²) in [6, 6.07) is 1.65. The number of ether oxygens (including phenoxy) is 1. The van der Waals surface area contributed by atoms with E-state index in [4.69, 9.17) is 15.6 Å². The van der Waals surface area contributed by atoms with Gasteiger partial charge in [-0.2, -0.15) is 10.1 Å². The minimum atomic E-state index is -1.20. The van der Waals surface area contributed by atoms with Gasteiger partial charge in [-0.1, -0.05) is 0 Å². The van der Waals surface area contributed by atoms with Gasteiger partial charge in [-0.05, 0) is 6.92 Å². The molecule has 0 aromatic carbocycles. The second-order valence-electron chi connectivity index (χ2n) is 3.53. The van der Waals surface area contributed by atoms with E-state index in [1.54, 1.807) is 13.0 Å². The van der Waals surface area contributed by atoms with Gasteiger partial charge in [0.15, 0.2) is 5.69 Å². The summed E-state index contributed by atoms with van der Waals surface area (Å²) < 4.78 is 6.20. The monoisotopic (exact) mass is 249 g/mol. The average Bonchev–Trinajstić information content (AvgIpc) is 2.70. The van der Waals surface area contributed by atoms with E-state index in [1.807, 2.05) is 0 Å². The van der Waals surface area contributed by atoms with Crippen LogP contribution in [0.3, 0.4) is 0 Å². The first-order valence-electron chi connectivity index (χ1n) is 4.99. The highest BCUT2D eigenvalue weighted by Crippen LogP contribution is 2.14. The number of aromatic carboxylic acids is 1. The molecule has 0 amide bonds. The standard InChI is InChI=1S/C10H11N5O3/c1-5-3-7(18-2)13-10(12-5)15-4-6(11)8(14-15)9(16)17/h3-4H,11H2,1-2H3,(H,16,17). The minimum Gasteiger partial charge on any atom is -0.481 e. The van der Waals surface area contributed by atoms with E-state index in [9.17, 15) is 4.79 Å². The van der Waals surface area contributed by atoms with Crippen LogP contribution in [0.5, 0.6) is 5.88 Å². The van der Waals surface area contributed by atoms with Crippen molar-refractivity contribution >= 4 is 11.7 Å². The Balaban J connectivity index is 2.51. The first-order chi connectivity index (χ1) is 8.51. The number of aromatic nitrogens is 4. The van der Waals surface area contributed by atoms with Crippen LogP contribution in [0.1, 0.15) is 16.2 Å². The van der Waals surface area contributed by atoms with Gasteiger partial charge in [-0.15, -0.1) is 0 Å². The fraction of sp³-hybridized carbons (Fsp3) is 0.200. The molecule has 2 aromatic rings. The van der Waals surface area contributed by atoms with Gasteiger partial charge in [0.25, 0.3) is 5.95 Å². The molecular formula is C10H11N5O3. The van der Waals surface area contributed by atoms with Gasteiger partial charge >= 0.3 is 5.97 Å². The van der Waals surface area contributed by atoms with Crippen LogP contribution in [-0.4, -0.2) is 37.9 Å². The maximum absolute atomic E-state index is 10.8. The molecule has 8 heteroatoms. The topological polar surface area (TPSA) is 116 Å². The first kappa shape index (κ1) is 11.8. The Morgan fingerprint density at radius 3 is 2.78 bits per heavy atom. The second kappa shape index (κ2) is 4.32. The molecule has 0 aliphatic rings. The molecular weight excluding hydrogens is 238 g/mol. The highest BCUT2D eigenvalue weighted by molar-refractivity contribution is 5.91. The van der Waals surface area contributed by atoms with Gasteiger partial charge < -0.3 is 15.6 Å². The Kier molecular flexibility index (Phi) is 2.84. The lowest BCUT2D eigenvalue weighted by Crippen LogP contribution is -2.06. The fourth-order valence-electron chi connectivity index (χ4n) is 1.39. The molecule has 2 rings (SSSR count). The summed E-state index contributed by atoms with van der Waals surface area (Å²) in [5.41, 5.74) is 6.02. The number of carboxylic acids is 1. The summed E-state index contributed by atoms with van der Waals surface area (Å²) in [7, 11) is 1.48. The fourth-order valence-corrected chi connectivity index (χ4v) is 1.39. The van der Waals surface area contributed by atoms with Crippen LogP contribution in [0, 0.1) is 6.92 Å². The molecule has 0 bridgehead atoms. The molecule has 94 valence electrons. The highest BCUT2D eigenvalue weighted by atomic mass is 16.5. The van der Waals surface area contributed by atoms with E-state index >= 15 is 0 Å². The molecule has 0 aliphatic carbocycles. The van der Waals surface area contributed by atoms with E-state index in [-0.39, 0.29) is 17.3 Å². The van der Waals surface area contributed by atoms with Crippen LogP contribution < -0.4 is 10.5 Å². The third kappa shape index (κ3) is 2.08. The van der Waals surface area contributed by atoms with Crippen LogP contribution >= 0.6 is 0 Å². The number of nitrogens with zero attached hydrogens (tertiary/aromatic N) is 4. The Bertz CT molecular complexity index is 608. The van der Waals surface area contributed by atoms with Crippen molar-refractivity contribution in [3.8, 4) is 11.8 Å². The lowest BCUT2D eigenvalue weighted by molar-refractivity contribution is 0.0691. The number of nitrogens with two attached hydrogens (primary N) is 1. The Labute approximate surface area is 102 Å². The molecule has 0 saturated heterocycles. The van der Waals surface area contributed by atoms with Crippen molar-refractivity contribution in [2.45, 2.75) is 6.92 Å². The molecule has 0 spiro atoms. The predicted molar refractivity (Wildman–Crippen MR) is 61.8 cm³/mol. The van der Waals surface area contributed by atoms with Gasteiger partial charge in [0, 0.05) is 11.8 Å². The largest absolute Gasteiger partial charge is 0.481 e. The summed E-state index contributed by atoms with van der Waals surface area (Å²) in [6.07, 6.45) is 1.34. The zero-order chi connectivity index (χ0) is 13.3. The maximum Gasteiger partial charge on any atom is 0.358 e. The van der Waals surface area contributed by atoms with Crippen molar-refractivity contribution < 1.29 is 14.6 Å². The van der Waals surface area contributed by atoms with E-state index in [0.29, 0.717) is 11.6 Å². The smallest absolute Gasteiger partial charge is 0.358 e. The number of rotatable bonds is 3. The molecule has 0 saturated carbocycles. The number of carboxylic acid groups (broad SMARTS) is 1. The van der Waals surface area contributed by atoms with Crippen LogP contribution in [0.15, 0.2) is 12.3 Å². The lowest BCUT2D eigenvalue weighted by Gasteiger charge is -2.03. The molecule has 2 heterocycles. The van der Waals surface area contributed by atoms with E-state index in [2.05, 4.69) is 15.1 Å².